The Kier molecular flexibility index (Phi) is 7.23. The molecule has 0 spiro atoms. The highest BCUT2D eigenvalue weighted by atomic mass is 16.7. The summed E-state index contributed by atoms with van der Waals surface area (Å²) in [6.45, 7) is 8.61. The highest BCUT2D eigenvalue weighted by Gasteiger charge is 2.26. The molecule has 34 heavy (non-hydrogen) atoms. The van der Waals surface area contributed by atoms with Gasteiger partial charge in [0.2, 0.25) is 0 Å². The Hall–Kier alpha value is -3.30. The predicted octanol–water partition coefficient (Wildman–Crippen LogP) is 3.59. The summed E-state index contributed by atoms with van der Waals surface area (Å²) < 4.78 is 11.0. The second-order valence-electron chi connectivity index (χ2n) is 9.40. The Balaban J connectivity index is 1.56. The van der Waals surface area contributed by atoms with E-state index in [0.29, 0.717) is 11.8 Å². The van der Waals surface area contributed by atoms with Gasteiger partial charge in [-0.2, -0.15) is 0 Å². The first-order valence-corrected chi connectivity index (χ1v) is 11.5. The summed E-state index contributed by atoms with van der Waals surface area (Å²) in [4.78, 5) is 10.9. The number of nitrogens with one attached hydrogen (secondary N) is 2. The maximum atomic E-state index is 5.88. The number of benzene rings is 1. The molecule has 4 rings (SSSR count). The van der Waals surface area contributed by atoms with Crippen LogP contribution in [0.1, 0.15) is 27.2 Å². The standard InChI is InChI=1S/C25H33N7O2/c1-25(2,3)29-18-10-11-32(14-18)24-9-8-20(30-31-24)19-7-6-17(12-22(19)34-16-33-5)21-13-23(26-4)28-15-27-21/h6-9,12-13,15,18,29H,10-11,14,16H2,1-5H3,(H,26,27,28)/t18-/m1/s1. The van der Waals surface area contributed by atoms with Crippen LogP contribution in [0.15, 0.2) is 42.7 Å². The summed E-state index contributed by atoms with van der Waals surface area (Å²) in [6.07, 6.45) is 2.63. The number of ether oxygens (including phenoxy) is 2. The number of anilines is 2. The molecule has 1 fully saturated rings. The third kappa shape index (κ3) is 5.78. The van der Waals surface area contributed by atoms with Crippen molar-refractivity contribution in [1.82, 2.24) is 25.5 Å². The molecule has 0 saturated carbocycles. The van der Waals surface area contributed by atoms with E-state index in [9.17, 15) is 0 Å². The van der Waals surface area contributed by atoms with Gasteiger partial charge in [-0.25, -0.2) is 9.97 Å². The minimum Gasteiger partial charge on any atom is -0.467 e. The summed E-state index contributed by atoms with van der Waals surface area (Å²) in [5.41, 5.74) is 3.39. The van der Waals surface area contributed by atoms with Gasteiger partial charge in [0, 0.05) is 56.0 Å². The molecule has 180 valence electrons. The summed E-state index contributed by atoms with van der Waals surface area (Å²) in [5.74, 6) is 2.29. The van der Waals surface area contributed by atoms with E-state index in [2.05, 4.69) is 56.5 Å². The van der Waals surface area contributed by atoms with Crippen LogP contribution in [0.3, 0.4) is 0 Å². The molecular formula is C25H33N7O2. The Bertz CT molecular complexity index is 1100. The van der Waals surface area contributed by atoms with Crippen molar-refractivity contribution >= 4 is 11.6 Å². The largest absolute Gasteiger partial charge is 0.467 e. The topological polar surface area (TPSA) is 97.3 Å². The van der Waals surface area contributed by atoms with E-state index in [1.807, 2.05) is 43.4 Å². The molecule has 1 aliphatic rings. The minimum absolute atomic E-state index is 0.0986. The zero-order valence-electron chi connectivity index (χ0n) is 20.5. The van der Waals surface area contributed by atoms with Crippen LogP contribution >= 0.6 is 0 Å². The lowest BCUT2D eigenvalue weighted by Crippen LogP contribution is -2.45. The van der Waals surface area contributed by atoms with Crippen molar-refractivity contribution in [3.05, 3.63) is 42.7 Å². The van der Waals surface area contributed by atoms with E-state index in [1.165, 1.54) is 6.33 Å². The summed E-state index contributed by atoms with van der Waals surface area (Å²) in [7, 11) is 3.42. The van der Waals surface area contributed by atoms with Crippen LogP contribution in [-0.4, -0.2) is 65.8 Å². The van der Waals surface area contributed by atoms with Gasteiger partial charge in [-0.3, -0.25) is 0 Å². The number of nitrogens with zero attached hydrogens (tertiary/aromatic N) is 5. The highest BCUT2D eigenvalue weighted by Crippen LogP contribution is 2.34. The monoisotopic (exact) mass is 463 g/mol. The molecule has 0 amide bonds. The molecule has 3 heterocycles. The third-order valence-corrected chi connectivity index (χ3v) is 5.61. The van der Waals surface area contributed by atoms with E-state index in [-0.39, 0.29) is 12.3 Å². The molecule has 9 heteroatoms. The molecule has 2 aromatic heterocycles. The van der Waals surface area contributed by atoms with Crippen LogP contribution in [0, 0.1) is 0 Å². The minimum atomic E-state index is 0.0986. The predicted molar refractivity (Wildman–Crippen MR) is 134 cm³/mol. The first kappa shape index (κ1) is 23.8. The van der Waals surface area contributed by atoms with Crippen molar-refractivity contribution < 1.29 is 9.47 Å². The van der Waals surface area contributed by atoms with Gasteiger partial charge in [-0.15, -0.1) is 10.2 Å². The van der Waals surface area contributed by atoms with Crippen LogP contribution < -0.4 is 20.3 Å². The van der Waals surface area contributed by atoms with Gasteiger partial charge in [-0.1, -0.05) is 6.07 Å². The quantitative estimate of drug-likeness (QED) is 0.486. The Morgan fingerprint density at radius 3 is 2.62 bits per heavy atom. The van der Waals surface area contributed by atoms with E-state index in [0.717, 1.165) is 53.7 Å². The van der Waals surface area contributed by atoms with Crippen LogP contribution in [0.5, 0.6) is 5.75 Å². The SMILES string of the molecule is CNc1cc(-c2ccc(-c3ccc(N4CC[C@@H](NC(C)(C)C)C4)nn3)c(OCOC)c2)ncn1. The van der Waals surface area contributed by atoms with Gasteiger partial charge >= 0.3 is 0 Å². The molecule has 0 radical (unpaired) electrons. The molecule has 3 aromatic rings. The van der Waals surface area contributed by atoms with Gasteiger partial charge in [0.15, 0.2) is 12.6 Å². The summed E-state index contributed by atoms with van der Waals surface area (Å²) in [6, 6.07) is 12.3. The smallest absolute Gasteiger partial charge is 0.188 e. The summed E-state index contributed by atoms with van der Waals surface area (Å²) >= 11 is 0. The van der Waals surface area contributed by atoms with Crippen molar-refractivity contribution in [2.24, 2.45) is 0 Å². The Morgan fingerprint density at radius 1 is 1.06 bits per heavy atom. The first-order chi connectivity index (χ1) is 16.4. The second-order valence-corrected chi connectivity index (χ2v) is 9.40. The lowest BCUT2D eigenvalue weighted by Gasteiger charge is -2.26. The zero-order valence-corrected chi connectivity index (χ0v) is 20.5. The molecule has 0 bridgehead atoms. The van der Waals surface area contributed by atoms with Crippen LogP contribution in [-0.2, 0) is 4.74 Å². The molecule has 1 atom stereocenters. The number of hydrogen-bond donors (Lipinski definition) is 2. The first-order valence-electron chi connectivity index (χ1n) is 11.5. The van der Waals surface area contributed by atoms with E-state index < -0.39 is 0 Å². The van der Waals surface area contributed by atoms with Gasteiger partial charge in [0.25, 0.3) is 0 Å². The Labute approximate surface area is 200 Å². The second kappa shape index (κ2) is 10.3. The maximum Gasteiger partial charge on any atom is 0.188 e. The molecule has 2 N–H and O–H groups in total. The maximum absolute atomic E-state index is 5.88. The average Bonchev–Trinajstić information content (AvgIpc) is 3.29. The van der Waals surface area contributed by atoms with Crippen molar-refractivity contribution in [2.75, 3.05) is 44.3 Å². The van der Waals surface area contributed by atoms with Crippen LogP contribution in [0.25, 0.3) is 22.5 Å². The lowest BCUT2D eigenvalue weighted by atomic mass is 10.0. The number of rotatable bonds is 8. The molecule has 1 aliphatic heterocycles. The van der Waals surface area contributed by atoms with Gasteiger partial charge < -0.3 is 25.0 Å². The molecule has 1 aromatic carbocycles. The van der Waals surface area contributed by atoms with Crippen molar-refractivity contribution in [2.45, 2.75) is 38.8 Å². The van der Waals surface area contributed by atoms with Crippen LogP contribution in [0.2, 0.25) is 0 Å². The molecule has 1 saturated heterocycles. The Morgan fingerprint density at radius 2 is 1.91 bits per heavy atom. The zero-order chi connectivity index (χ0) is 24.1. The van der Waals surface area contributed by atoms with Gasteiger partial charge in [-0.05, 0) is 51.5 Å². The summed E-state index contributed by atoms with van der Waals surface area (Å²) in [5, 5.41) is 15.8. The third-order valence-electron chi connectivity index (χ3n) is 5.61. The van der Waals surface area contributed by atoms with E-state index in [1.54, 1.807) is 7.11 Å². The molecule has 0 aliphatic carbocycles. The fraction of sp³-hybridized carbons (Fsp3) is 0.440. The van der Waals surface area contributed by atoms with Crippen LogP contribution in [0.4, 0.5) is 11.6 Å². The number of aromatic nitrogens is 4. The van der Waals surface area contributed by atoms with E-state index in [4.69, 9.17) is 9.47 Å². The van der Waals surface area contributed by atoms with E-state index >= 15 is 0 Å². The average molecular weight is 464 g/mol. The number of methoxy groups -OCH3 is 1. The van der Waals surface area contributed by atoms with Gasteiger partial charge in [0.1, 0.15) is 17.9 Å². The highest BCUT2D eigenvalue weighted by molar-refractivity contribution is 5.74. The fourth-order valence-electron chi connectivity index (χ4n) is 4.12. The molecule has 9 nitrogen and oxygen atoms in total. The van der Waals surface area contributed by atoms with Crippen molar-refractivity contribution in [3.63, 3.8) is 0 Å². The van der Waals surface area contributed by atoms with Crippen molar-refractivity contribution in [3.8, 4) is 28.3 Å². The fourth-order valence-corrected chi connectivity index (χ4v) is 4.12. The molecule has 0 unspecified atom stereocenters. The number of hydrogen-bond acceptors (Lipinski definition) is 9. The van der Waals surface area contributed by atoms with Crippen molar-refractivity contribution in [1.29, 1.82) is 0 Å². The normalized spacial score (nSPS) is 16.0. The molecular weight excluding hydrogens is 430 g/mol. The lowest BCUT2D eigenvalue weighted by molar-refractivity contribution is 0.0515. The van der Waals surface area contributed by atoms with Gasteiger partial charge in [0.05, 0.1) is 11.4 Å².